The quantitative estimate of drug-likeness (QED) is 0.807. The summed E-state index contributed by atoms with van der Waals surface area (Å²) in [5.41, 5.74) is 1.20. The van der Waals surface area contributed by atoms with Gasteiger partial charge in [0.2, 0.25) is 5.91 Å². The van der Waals surface area contributed by atoms with E-state index in [0.717, 1.165) is 38.6 Å². The average Bonchev–Trinajstić information content (AvgIpc) is 3.26. The topological polar surface area (TPSA) is 41.4 Å². The third-order valence-electron chi connectivity index (χ3n) is 5.29. The van der Waals surface area contributed by atoms with E-state index >= 15 is 0 Å². The number of hydrogen-bond donors (Lipinski definition) is 0. The lowest BCUT2D eigenvalue weighted by Gasteiger charge is -2.35. The molecule has 1 saturated heterocycles. The van der Waals surface area contributed by atoms with Gasteiger partial charge < -0.3 is 4.90 Å². The minimum absolute atomic E-state index is 0.351. The zero-order chi connectivity index (χ0) is 16.4. The van der Waals surface area contributed by atoms with Crippen LogP contribution in [0.25, 0.3) is 0 Å². The normalized spacial score (nSPS) is 23.6. The van der Waals surface area contributed by atoms with Gasteiger partial charge in [0, 0.05) is 50.5 Å². The Kier molecular flexibility index (Phi) is 5.05. The molecule has 1 amide bonds. The summed E-state index contributed by atoms with van der Waals surface area (Å²) < 4.78 is 2.05. The maximum atomic E-state index is 12.6. The van der Waals surface area contributed by atoms with Crippen molar-refractivity contribution in [1.29, 1.82) is 0 Å². The highest BCUT2D eigenvalue weighted by Gasteiger charge is 2.35. The standard InChI is InChI=1S/C18H30N4O/c1-14(2)17-13-20(10-11-22-15(3)6-8-19-22)9-7-18(23)21(17)12-16-4-5-16/h6,8,14,16-17H,4-5,7,9-13H2,1-3H3/t17-/m0/s1. The monoisotopic (exact) mass is 318 g/mol. The van der Waals surface area contributed by atoms with Gasteiger partial charge in [-0.15, -0.1) is 0 Å². The molecule has 1 aliphatic heterocycles. The number of carbonyl (C=O) groups excluding carboxylic acids is 1. The van der Waals surface area contributed by atoms with Crippen molar-refractivity contribution in [1.82, 2.24) is 19.6 Å². The molecule has 1 aromatic heterocycles. The van der Waals surface area contributed by atoms with Crippen molar-refractivity contribution in [3.8, 4) is 0 Å². The fourth-order valence-corrected chi connectivity index (χ4v) is 3.50. The zero-order valence-electron chi connectivity index (χ0n) is 14.7. The summed E-state index contributed by atoms with van der Waals surface area (Å²) in [4.78, 5) is 17.3. The van der Waals surface area contributed by atoms with Crippen LogP contribution in [0.1, 0.15) is 38.8 Å². The molecule has 2 fully saturated rings. The summed E-state index contributed by atoms with van der Waals surface area (Å²) in [5.74, 6) is 1.62. The van der Waals surface area contributed by atoms with Crippen LogP contribution in [0.15, 0.2) is 12.3 Å². The molecule has 5 nitrogen and oxygen atoms in total. The van der Waals surface area contributed by atoms with Gasteiger partial charge in [-0.05, 0) is 37.7 Å². The Balaban J connectivity index is 1.63. The van der Waals surface area contributed by atoms with Crippen molar-refractivity contribution in [3.63, 3.8) is 0 Å². The second-order valence-corrected chi connectivity index (χ2v) is 7.55. The number of carbonyl (C=O) groups is 1. The highest BCUT2D eigenvalue weighted by atomic mass is 16.2. The fraction of sp³-hybridized carbons (Fsp3) is 0.778. The Hall–Kier alpha value is -1.36. The van der Waals surface area contributed by atoms with Crippen LogP contribution in [0.3, 0.4) is 0 Å². The lowest BCUT2D eigenvalue weighted by Crippen LogP contribution is -2.47. The fourth-order valence-electron chi connectivity index (χ4n) is 3.50. The summed E-state index contributed by atoms with van der Waals surface area (Å²) in [6.07, 6.45) is 5.12. The Labute approximate surface area is 139 Å². The van der Waals surface area contributed by atoms with Gasteiger partial charge in [-0.3, -0.25) is 14.4 Å². The van der Waals surface area contributed by atoms with Crippen LogP contribution < -0.4 is 0 Å². The lowest BCUT2D eigenvalue weighted by molar-refractivity contribution is -0.133. The highest BCUT2D eigenvalue weighted by Crippen LogP contribution is 2.32. The van der Waals surface area contributed by atoms with Gasteiger partial charge in [0.25, 0.3) is 0 Å². The van der Waals surface area contributed by atoms with E-state index in [0.29, 0.717) is 24.3 Å². The largest absolute Gasteiger partial charge is 0.338 e. The molecule has 1 aromatic rings. The van der Waals surface area contributed by atoms with Crippen molar-refractivity contribution in [3.05, 3.63) is 18.0 Å². The highest BCUT2D eigenvalue weighted by molar-refractivity contribution is 5.77. The summed E-state index contributed by atoms with van der Waals surface area (Å²) in [7, 11) is 0. The van der Waals surface area contributed by atoms with Gasteiger partial charge in [-0.2, -0.15) is 5.10 Å². The molecule has 1 aliphatic carbocycles. The summed E-state index contributed by atoms with van der Waals surface area (Å²) in [6, 6.07) is 2.39. The first kappa shape index (κ1) is 16.5. The molecule has 0 N–H and O–H groups in total. The number of amides is 1. The predicted octanol–water partition coefficient (Wildman–Crippen LogP) is 2.16. The van der Waals surface area contributed by atoms with Crippen LogP contribution in [-0.4, -0.2) is 57.7 Å². The minimum atomic E-state index is 0.351. The van der Waals surface area contributed by atoms with Gasteiger partial charge in [0.05, 0.1) is 6.54 Å². The number of hydrogen-bond acceptors (Lipinski definition) is 3. The third-order valence-corrected chi connectivity index (χ3v) is 5.29. The lowest BCUT2D eigenvalue weighted by atomic mass is 10.0. The van der Waals surface area contributed by atoms with Crippen molar-refractivity contribution in [2.75, 3.05) is 26.2 Å². The second kappa shape index (κ2) is 7.04. The van der Waals surface area contributed by atoms with Crippen molar-refractivity contribution in [2.24, 2.45) is 11.8 Å². The first-order chi connectivity index (χ1) is 11.0. The molecular formula is C18H30N4O. The van der Waals surface area contributed by atoms with Gasteiger partial charge in [-0.25, -0.2) is 0 Å². The maximum absolute atomic E-state index is 12.6. The Bertz CT molecular complexity index is 535. The van der Waals surface area contributed by atoms with Crippen LogP contribution in [-0.2, 0) is 11.3 Å². The van der Waals surface area contributed by atoms with E-state index in [2.05, 4.69) is 40.4 Å². The van der Waals surface area contributed by atoms with E-state index in [1.165, 1.54) is 18.5 Å². The van der Waals surface area contributed by atoms with Crippen molar-refractivity contribution >= 4 is 5.91 Å². The van der Waals surface area contributed by atoms with E-state index in [1.54, 1.807) is 0 Å². The van der Waals surface area contributed by atoms with Gasteiger partial charge >= 0.3 is 0 Å². The molecule has 1 atom stereocenters. The zero-order valence-corrected chi connectivity index (χ0v) is 14.7. The molecular weight excluding hydrogens is 288 g/mol. The van der Waals surface area contributed by atoms with Crippen molar-refractivity contribution < 1.29 is 4.79 Å². The molecule has 0 spiro atoms. The molecule has 2 aliphatic rings. The molecule has 128 valence electrons. The summed E-state index contributed by atoms with van der Waals surface area (Å²) in [5, 5.41) is 4.37. The van der Waals surface area contributed by atoms with E-state index in [-0.39, 0.29) is 0 Å². The van der Waals surface area contributed by atoms with Crippen molar-refractivity contribution in [2.45, 2.75) is 52.6 Å². The molecule has 0 unspecified atom stereocenters. The van der Waals surface area contributed by atoms with Crippen LogP contribution >= 0.6 is 0 Å². The predicted molar refractivity (Wildman–Crippen MR) is 91.1 cm³/mol. The smallest absolute Gasteiger partial charge is 0.224 e. The number of rotatable bonds is 6. The number of aryl methyl sites for hydroxylation is 1. The molecule has 23 heavy (non-hydrogen) atoms. The van der Waals surface area contributed by atoms with Crippen LogP contribution in [0, 0.1) is 18.8 Å². The van der Waals surface area contributed by atoms with Gasteiger partial charge in [0.1, 0.15) is 0 Å². The van der Waals surface area contributed by atoms with E-state index in [1.807, 2.05) is 12.3 Å². The van der Waals surface area contributed by atoms with Gasteiger partial charge in [0.15, 0.2) is 0 Å². The SMILES string of the molecule is Cc1ccnn1CCN1CCC(=O)N(CC2CC2)[C@H](C(C)C)C1. The van der Waals surface area contributed by atoms with E-state index in [9.17, 15) is 4.79 Å². The summed E-state index contributed by atoms with van der Waals surface area (Å²) in [6.45, 7) is 11.3. The first-order valence-electron chi connectivity index (χ1n) is 9.05. The Morgan fingerprint density at radius 1 is 1.30 bits per heavy atom. The number of aromatic nitrogens is 2. The Morgan fingerprint density at radius 3 is 2.70 bits per heavy atom. The molecule has 2 heterocycles. The summed E-state index contributed by atoms with van der Waals surface area (Å²) >= 11 is 0. The molecule has 1 saturated carbocycles. The molecule has 0 bridgehead atoms. The van der Waals surface area contributed by atoms with Crippen LogP contribution in [0.4, 0.5) is 0 Å². The van der Waals surface area contributed by atoms with Gasteiger partial charge in [-0.1, -0.05) is 13.8 Å². The number of nitrogens with zero attached hydrogens (tertiary/aromatic N) is 4. The average molecular weight is 318 g/mol. The maximum Gasteiger partial charge on any atom is 0.224 e. The van der Waals surface area contributed by atoms with Crippen LogP contribution in [0.2, 0.25) is 0 Å². The molecule has 0 aromatic carbocycles. The first-order valence-corrected chi connectivity index (χ1v) is 9.05. The molecule has 0 radical (unpaired) electrons. The Morgan fingerprint density at radius 2 is 2.09 bits per heavy atom. The second-order valence-electron chi connectivity index (χ2n) is 7.55. The minimum Gasteiger partial charge on any atom is -0.338 e. The van der Waals surface area contributed by atoms with E-state index in [4.69, 9.17) is 0 Å². The molecule has 5 heteroatoms. The third kappa shape index (κ3) is 4.14. The van der Waals surface area contributed by atoms with Crippen LogP contribution in [0.5, 0.6) is 0 Å². The van der Waals surface area contributed by atoms with E-state index < -0.39 is 0 Å². The molecule has 3 rings (SSSR count).